The Hall–Kier alpha value is -4.71. The van der Waals surface area contributed by atoms with E-state index in [9.17, 15) is 24.0 Å². The molecule has 0 spiro atoms. The molecule has 2 aromatic rings. The van der Waals surface area contributed by atoms with Gasteiger partial charge in [-0.2, -0.15) is 0 Å². The number of piperazine rings is 1. The minimum Gasteiger partial charge on any atom is -0.495 e. The summed E-state index contributed by atoms with van der Waals surface area (Å²) >= 11 is 0. The molecular weight excluding hydrogens is 556 g/mol. The minimum atomic E-state index is -1.26. The number of hydrogen-bond donors (Lipinski definition) is 2. The largest absolute Gasteiger partial charge is 0.495 e. The summed E-state index contributed by atoms with van der Waals surface area (Å²) < 4.78 is 5.50. The van der Waals surface area contributed by atoms with E-state index in [1.807, 2.05) is 48.5 Å². The van der Waals surface area contributed by atoms with Gasteiger partial charge in [0, 0.05) is 44.9 Å². The second-order valence-electron chi connectivity index (χ2n) is 10.6. The molecule has 2 fully saturated rings. The molecule has 43 heavy (non-hydrogen) atoms. The van der Waals surface area contributed by atoms with Gasteiger partial charge in [0.25, 0.3) is 0 Å². The van der Waals surface area contributed by atoms with Crippen LogP contribution < -0.4 is 9.64 Å². The van der Waals surface area contributed by atoms with E-state index in [4.69, 9.17) is 14.9 Å². The average molecular weight is 595 g/mol. The van der Waals surface area contributed by atoms with Crippen LogP contribution in [-0.4, -0.2) is 101 Å². The quantitative estimate of drug-likeness (QED) is 0.311. The van der Waals surface area contributed by atoms with E-state index in [1.165, 1.54) is 9.80 Å². The van der Waals surface area contributed by atoms with Crippen molar-refractivity contribution in [2.45, 2.75) is 26.8 Å². The normalized spacial score (nSPS) is 17.1. The number of barbiturate groups is 1. The lowest BCUT2D eigenvalue weighted by Gasteiger charge is -2.41. The molecule has 0 atom stereocenters. The minimum absolute atomic E-state index is 0.163. The van der Waals surface area contributed by atoms with Gasteiger partial charge in [-0.15, -0.1) is 0 Å². The van der Waals surface area contributed by atoms with E-state index in [-0.39, 0.29) is 6.54 Å². The van der Waals surface area contributed by atoms with E-state index >= 15 is 0 Å². The van der Waals surface area contributed by atoms with E-state index in [1.54, 1.807) is 21.0 Å². The van der Waals surface area contributed by atoms with Gasteiger partial charge in [-0.25, -0.2) is 14.4 Å². The maximum Gasteiger partial charge on any atom is 0.333 e. The average Bonchev–Trinajstić information content (AvgIpc) is 3.00. The molecule has 2 N–H and O–H groups in total. The number of carbonyl (C=O) groups is 5. The molecule has 0 bridgehead atoms. The molecule has 0 unspecified atom stereocenters. The summed E-state index contributed by atoms with van der Waals surface area (Å²) in [6.45, 7) is 8.00. The third-order valence-corrected chi connectivity index (χ3v) is 7.23. The van der Waals surface area contributed by atoms with Crippen molar-refractivity contribution in [1.82, 2.24) is 14.7 Å². The van der Waals surface area contributed by atoms with Gasteiger partial charge in [0.05, 0.1) is 19.3 Å². The summed E-state index contributed by atoms with van der Waals surface area (Å²) in [5.41, 5.74) is 0.694. The second kappa shape index (κ2) is 15.0. The Morgan fingerprint density at radius 3 is 1.95 bits per heavy atom. The number of urea groups is 1. The fourth-order valence-corrected chi connectivity index (χ4v) is 4.89. The van der Waals surface area contributed by atoms with Crippen LogP contribution in [0, 0.1) is 5.41 Å². The number of amides is 4. The molecular formula is C31H38N4O8. The fourth-order valence-electron chi connectivity index (χ4n) is 4.89. The van der Waals surface area contributed by atoms with Crippen molar-refractivity contribution in [2.75, 3.05) is 51.3 Å². The lowest BCUT2D eigenvalue weighted by molar-refractivity contribution is -0.156. The molecule has 0 saturated carbocycles. The molecule has 2 heterocycles. The van der Waals surface area contributed by atoms with Gasteiger partial charge in [-0.3, -0.25) is 24.3 Å². The maximum absolute atomic E-state index is 13.2. The standard InChI is InChI=1S/C27H34N4O4.C4H4O4/c1-27(2)24(32)30(26(34)31(25(27)33)20-21-10-5-4-6-11-21)15-9-14-28-16-18-29(19-17-28)22-12-7-8-13-23(22)35-3;5-3(6)1-2-4(7)8/h4-8,10-13H,9,14-20H2,1-3H3;1-2H,(H,5,6)(H,7,8)/b;2-1+. The first-order chi connectivity index (χ1) is 20.4. The van der Waals surface area contributed by atoms with Gasteiger partial charge in [0.1, 0.15) is 11.2 Å². The number of para-hydroxylation sites is 2. The van der Waals surface area contributed by atoms with Crippen molar-refractivity contribution in [1.29, 1.82) is 0 Å². The molecule has 4 amide bonds. The number of carbonyl (C=O) groups excluding carboxylic acids is 3. The number of anilines is 1. The number of methoxy groups -OCH3 is 1. The molecule has 12 nitrogen and oxygen atoms in total. The Balaban J connectivity index is 0.000000557. The highest BCUT2D eigenvalue weighted by molar-refractivity contribution is 6.18. The number of benzene rings is 2. The summed E-state index contributed by atoms with van der Waals surface area (Å²) in [5.74, 6) is -2.50. The molecule has 2 aromatic carbocycles. The van der Waals surface area contributed by atoms with Crippen molar-refractivity contribution in [2.24, 2.45) is 5.41 Å². The summed E-state index contributed by atoms with van der Waals surface area (Å²) in [6.07, 6.45) is 1.78. The first kappa shape index (κ1) is 32.8. The molecule has 12 heteroatoms. The third kappa shape index (κ3) is 8.65. The number of hydrogen-bond acceptors (Lipinski definition) is 8. The predicted molar refractivity (Wildman–Crippen MR) is 159 cm³/mol. The number of carboxylic acid groups (broad SMARTS) is 2. The Bertz CT molecular complexity index is 1320. The second-order valence-corrected chi connectivity index (χ2v) is 10.6. The molecule has 230 valence electrons. The van der Waals surface area contributed by atoms with Crippen LogP contribution in [0.1, 0.15) is 25.8 Å². The highest BCUT2D eigenvalue weighted by Crippen LogP contribution is 2.31. The van der Waals surface area contributed by atoms with Gasteiger partial charge in [0.2, 0.25) is 11.8 Å². The Kier molecular flexibility index (Phi) is 11.4. The van der Waals surface area contributed by atoms with Crippen molar-refractivity contribution < 1.29 is 38.9 Å². The predicted octanol–water partition coefficient (Wildman–Crippen LogP) is 2.94. The smallest absolute Gasteiger partial charge is 0.333 e. The fraction of sp³-hybridized carbons (Fsp3) is 0.387. The number of rotatable bonds is 10. The third-order valence-electron chi connectivity index (χ3n) is 7.23. The number of nitrogens with zero attached hydrogens (tertiary/aromatic N) is 4. The topological polar surface area (TPSA) is 148 Å². The van der Waals surface area contributed by atoms with Gasteiger partial charge in [-0.1, -0.05) is 42.5 Å². The Labute approximate surface area is 250 Å². The summed E-state index contributed by atoms with van der Waals surface area (Å²) in [4.78, 5) is 65.4. The van der Waals surface area contributed by atoms with Crippen molar-refractivity contribution in [3.8, 4) is 5.75 Å². The van der Waals surface area contributed by atoms with Gasteiger partial charge < -0.3 is 19.8 Å². The zero-order valence-electron chi connectivity index (χ0n) is 24.6. The molecule has 2 aliphatic heterocycles. The van der Waals surface area contributed by atoms with E-state index in [0.29, 0.717) is 25.1 Å². The number of imide groups is 2. The summed E-state index contributed by atoms with van der Waals surface area (Å²) in [5, 5.41) is 15.6. The van der Waals surface area contributed by atoms with Crippen LogP contribution in [0.15, 0.2) is 66.7 Å². The van der Waals surface area contributed by atoms with Crippen LogP contribution >= 0.6 is 0 Å². The van der Waals surface area contributed by atoms with Gasteiger partial charge in [0.15, 0.2) is 0 Å². The van der Waals surface area contributed by atoms with Crippen LogP contribution in [0.3, 0.4) is 0 Å². The lowest BCUT2D eigenvalue weighted by Crippen LogP contribution is -2.63. The summed E-state index contributed by atoms with van der Waals surface area (Å²) in [6, 6.07) is 16.9. The lowest BCUT2D eigenvalue weighted by atomic mass is 9.87. The van der Waals surface area contributed by atoms with Crippen LogP contribution in [0.25, 0.3) is 0 Å². The summed E-state index contributed by atoms with van der Waals surface area (Å²) in [7, 11) is 1.69. The SMILES string of the molecule is COc1ccccc1N1CCN(CCCN2C(=O)N(Cc3ccccc3)C(=O)C(C)(C)C2=O)CC1.O=C(O)/C=C/C(=O)O. The molecule has 0 radical (unpaired) electrons. The van der Waals surface area contributed by atoms with Crippen LogP contribution in [-0.2, 0) is 25.7 Å². The molecule has 4 rings (SSSR count). The van der Waals surface area contributed by atoms with E-state index < -0.39 is 35.2 Å². The first-order valence-corrected chi connectivity index (χ1v) is 13.9. The van der Waals surface area contributed by atoms with Gasteiger partial charge in [-0.05, 0) is 44.5 Å². The van der Waals surface area contributed by atoms with E-state index in [2.05, 4.69) is 15.9 Å². The highest BCUT2D eigenvalue weighted by Gasteiger charge is 2.51. The number of aliphatic carboxylic acids is 2. The van der Waals surface area contributed by atoms with Crippen LogP contribution in [0.2, 0.25) is 0 Å². The van der Waals surface area contributed by atoms with Crippen molar-refractivity contribution in [3.05, 3.63) is 72.3 Å². The Morgan fingerprint density at radius 2 is 1.37 bits per heavy atom. The molecule has 2 aliphatic rings. The number of ether oxygens (including phenoxy) is 1. The molecule has 2 saturated heterocycles. The monoisotopic (exact) mass is 594 g/mol. The van der Waals surface area contributed by atoms with Crippen molar-refractivity contribution >= 4 is 35.5 Å². The van der Waals surface area contributed by atoms with Gasteiger partial charge >= 0.3 is 18.0 Å². The first-order valence-electron chi connectivity index (χ1n) is 13.9. The van der Waals surface area contributed by atoms with Crippen molar-refractivity contribution in [3.63, 3.8) is 0 Å². The molecule has 0 aromatic heterocycles. The highest BCUT2D eigenvalue weighted by atomic mass is 16.5. The number of carboxylic acids is 2. The van der Waals surface area contributed by atoms with E-state index in [0.717, 1.165) is 49.7 Å². The molecule has 0 aliphatic carbocycles. The van der Waals surface area contributed by atoms with Crippen LogP contribution in [0.4, 0.5) is 10.5 Å². The Morgan fingerprint density at radius 1 is 0.814 bits per heavy atom. The zero-order chi connectivity index (χ0) is 31.6. The zero-order valence-corrected chi connectivity index (χ0v) is 24.6. The van der Waals surface area contributed by atoms with Crippen LogP contribution in [0.5, 0.6) is 5.75 Å². The maximum atomic E-state index is 13.2.